The van der Waals surface area contributed by atoms with E-state index in [4.69, 9.17) is 0 Å². The maximum atomic E-state index is 13.3. The van der Waals surface area contributed by atoms with Gasteiger partial charge in [0.2, 0.25) is 0 Å². The SMILES string of the molecule is O=C(c1ccccc1)C(O)c1ccc(Br)c(F)c1. The summed E-state index contributed by atoms with van der Waals surface area (Å²) in [6.45, 7) is 0. The van der Waals surface area contributed by atoms with Crippen LogP contribution in [0, 0.1) is 5.82 Å². The topological polar surface area (TPSA) is 37.3 Å². The molecule has 0 amide bonds. The maximum Gasteiger partial charge on any atom is 0.195 e. The van der Waals surface area contributed by atoms with E-state index < -0.39 is 17.7 Å². The fraction of sp³-hybridized carbons (Fsp3) is 0.0714. The molecular weight excluding hydrogens is 299 g/mol. The van der Waals surface area contributed by atoms with Crippen LogP contribution in [0.2, 0.25) is 0 Å². The van der Waals surface area contributed by atoms with Gasteiger partial charge in [0.15, 0.2) is 5.78 Å². The molecule has 2 nitrogen and oxygen atoms in total. The minimum Gasteiger partial charge on any atom is -0.380 e. The van der Waals surface area contributed by atoms with Crippen LogP contribution < -0.4 is 0 Å². The Balaban J connectivity index is 2.28. The van der Waals surface area contributed by atoms with E-state index in [2.05, 4.69) is 15.9 Å². The molecule has 0 radical (unpaired) electrons. The Morgan fingerprint density at radius 2 is 1.83 bits per heavy atom. The largest absolute Gasteiger partial charge is 0.380 e. The molecule has 1 atom stereocenters. The summed E-state index contributed by atoms with van der Waals surface area (Å²) < 4.78 is 13.6. The van der Waals surface area contributed by atoms with E-state index in [0.29, 0.717) is 10.0 Å². The molecule has 0 aromatic heterocycles. The summed E-state index contributed by atoms with van der Waals surface area (Å²) in [5.74, 6) is -0.954. The van der Waals surface area contributed by atoms with Gasteiger partial charge in [-0.2, -0.15) is 0 Å². The lowest BCUT2D eigenvalue weighted by Crippen LogP contribution is -2.12. The van der Waals surface area contributed by atoms with Crippen LogP contribution in [0.4, 0.5) is 4.39 Å². The minimum atomic E-state index is -1.35. The smallest absolute Gasteiger partial charge is 0.195 e. The molecule has 4 heteroatoms. The van der Waals surface area contributed by atoms with Crippen molar-refractivity contribution in [2.75, 3.05) is 0 Å². The first-order chi connectivity index (χ1) is 8.59. The molecule has 1 N–H and O–H groups in total. The van der Waals surface area contributed by atoms with E-state index in [1.807, 2.05) is 0 Å². The predicted octanol–water partition coefficient (Wildman–Crippen LogP) is 3.50. The van der Waals surface area contributed by atoms with Crippen LogP contribution in [-0.4, -0.2) is 10.9 Å². The minimum absolute atomic E-state index is 0.240. The molecule has 0 fully saturated rings. The maximum absolute atomic E-state index is 13.3. The average molecular weight is 309 g/mol. The number of aliphatic hydroxyl groups excluding tert-OH is 1. The third-order valence-electron chi connectivity index (χ3n) is 2.57. The number of benzene rings is 2. The monoisotopic (exact) mass is 308 g/mol. The van der Waals surface area contributed by atoms with Gasteiger partial charge in [-0.25, -0.2) is 4.39 Å². The zero-order valence-corrected chi connectivity index (χ0v) is 10.9. The van der Waals surface area contributed by atoms with E-state index in [0.717, 1.165) is 6.07 Å². The molecule has 0 heterocycles. The van der Waals surface area contributed by atoms with Crippen molar-refractivity contribution in [1.82, 2.24) is 0 Å². The Kier molecular flexibility index (Phi) is 3.89. The second-order valence-corrected chi connectivity index (χ2v) is 4.66. The normalized spacial score (nSPS) is 12.2. The molecule has 0 aliphatic heterocycles. The molecule has 2 aromatic carbocycles. The number of hydrogen-bond donors (Lipinski definition) is 1. The van der Waals surface area contributed by atoms with Gasteiger partial charge in [0.05, 0.1) is 4.47 Å². The summed E-state index contributed by atoms with van der Waals surface area (Å²) in [6, 6.07) is 12.6. The highest BCUT2D eigenvalue weighted by atomic mass is 79.9. The van der Waals surface area contributed by atoms with Gasteiger partial charge >= 0.3 is 0 Å². The molecule has 0 spiro atoms. The average Bonchev–Trinajstić information content (AvgIpc) is 2.41. The van der Waals surface area contributed by atoms with Crippen LogP contribution in [0.3, 0.4) is 0 Å². The van der Waals surface area contributed by atoms with E-state index in [1.54, 1.807) is 30.3 Å². The third kappa shape index (κ3) is 2.66. The molecule has 2 aromatic rings. The van der Waals surface area contributed by atoms with E-state index in [9.17, 15) is 14.3 Å². The van der Waals surface area contributed by atoms with Gasteiger partial charge in [-0.05, 0) is 33.6 Å². The summed E-state index contributed by atoms with van der Waals surface area (Å²) in [5, 5.41) is 9.93. The van der Waals surface area contributed by atoms with Crippen molar-refractivity contribution in [2.45, 2.75) is 6.10 Å². The first-order valence-electron chi connectivity index (χ1n) is 5.32. The second-order valence-electron chi connectivity index (χ2n) is 3.81. The van der Waals surface area contributed by atoms with Crippen molar-refractivity contribution >= 4 is 21.7 Å². The summed E-state index contributed by atoms with van der Waals surface area (Å²) in [7, 11) is 0. The zero-order valence-electron chi connectivity index (χ0n) is 9.31. The molecule has 18 heavy (non-hydrogen) atoms. The van der Waals surface area contributed by atoms with Crippen molar-refractivity contribution in [3.05, 3.63) is 69.9 Å². The molecule has 0 aliphatic rings. The van der Waals surface area contributed by atoms with Gasteiger partial charge in [0.25, 0.3) is 0 Å². The van der Waals surface area contributed by atoms with Crippen molar-refractivity contribution in [2.24, 2.45) is 0 Å². The number of aliphatic hydroxyl groups is 1. The van der Waals surface area contributed by atoms with Gasteiger partial charge in [0.1, 0.15) is 11.9 Å². The van der Waals surface area contributed by atoms with Gasteiger partial charge in [-0.15, -0.1) is 0 Å². The Bertz CT molecular complexity index is 569. The van der Waals surface area contributed by atoms with Crippen molar-refractivity contribution < 1.29 is 14.3 Å². The fourth-order valence-corrected chi connectivity index (χ4v) is 1.84. The van der Waals surface area contributed by atoms with Gasteiger partial charge in [-0.3, -0.25) is 4.79 Å². The molecule has 0 aliphatic carbocycles. The number of carbonyl (C=O) groups is 1. The number of ketones is 1. The quantitative estimate of drug-likeness (QED) is 0.881. The third-order valence-corrected chi connectivity index (χ3v) is 3.21. The second kappa shape index (κ2) is 5.42. The Labute approximate surface area is 112 Å². The molecule has 2 rings (SSSR count). The molecule has 92 valence electrons. The van der Waals surface area contributed by atoms with Crippen molar-refractivity contribution in [3.63, 3.8) is 0 Å². The zero-order chi connectivity index (χ0) is 13.1. The molecule has 0 bridgehead atoms. The van der Waals surface area contributed by atoms with Crippen LogP contribution in [0.25, 0.3) is 0 Å². The summed E-state index contributed by atoms with van der Waals surface area (Å²) >= 11 is 3.02. The van der Waals surface area contributed by atoms with Crippen LogP contribution in [0.15, 0.2) is 53.0 Å². The van der Waals surface area contributed by atoms with E-state index in [1.165, 1.54) is 12.1 Å². The van der Waals surface area contributed by atoms with Crippen LogP contribution >= 0.6 is 15.9 Å². The lowest BCUT2D eigenvalue weighted by Gasteiger charge is -2.10. The van der Waals surface area contributed by atoms with Crippen LogP contribution in [0.1, 0.15) is 22.0 Å². The first kappa shape index (κ1) is 12.9. The Morgan fingerprint density at radius 3 is 2.44 bits per heavy atom. The summed E-state index contributed by atoms with van der Waals surface area (Å²) in [4.78, 5) is 12.0. The van der Waals surface area contributed by atoms with E-state index >= 15 is 0 Å². The Hall–Kier alpha value is -1.52. The number of halogens is 2. The van der Waals surface area contributed by atoms with Crippen LogP contribution in [0.5, 0.6) is 0 Å². The summed E-state index contributed by atoms with van der Waals surface area (Å²) in [5.41, 5.74) is 0.637. The number of rotatable bonds is 3. The molecular formula is C14H10BrFO2. The molecule has 1 unspecified atom stereocenters. The standard InChI is InChI=1S/C14H10BrFO2/c15-11-7-6-10(8-12(11)16)14(18)13(17)9-4-2-1-3-5-9/h1-8,14,18H. The highest BCUT2D eigenvalue weighted by Gasteiger charge is 2.19. The summed E-state index contributed by atoms with van der Waals surface area (Å²) in [6.07, 6.45) is -1.35. The Morgan fingerprint density at radius 1 is 1.17 bits per heavy atom. The number of carbonyl (C=O) groups excluding carboxylic acids is 1. The highest BCUT2D eigenvalue weighted by molar-refractivity contribution is 9.10. The van der Waals surface area contributed by atoms with Crippen LogP contribution in [-0.2, 0) is 0 Å². The van der Waals surface area contributed by atoms with Crippen molar-refractivity contribution in [1.29, 1.82) is 0 Å². The highest BCUT2D eigenvalue weighted by Crippen LogP contribution is 2.23. The molecule has 0 saturated carbocycles. The van der Waals surface area contributed by atoms with Crippen molar-refractivity contribution in [3.8, 4) is 0 Å². The lowest BCUT2D eigenvalue weighted by atomic mass is 10.00. The number of Topliss-reactive ketones (excluding diaryl/α,β-unsaturated/α-hetero) is 1. The van der Waals surface area contributed by atoms with Gasteiger partial charge in [-0.1, -0.05) is 36.4 Å². The van der Waals surface area contributed by atoms with Gasteiger partial charge < -0.3 is 5.11 Å². The number of hydrogen-bond acceptors (Lipinski definition) is 2. The first-order valence-corrected chi connectivity index (χ1v) is 6.11. The fourth-order valence-electron chi connectivity index (χ4n) is 1.59. The van der Waals surface area contributed by atoms with Gasteiger partial charge in [0, 0.05) is 5.56 Å². The predicted molar refractivity (Wildman–Crippen MR) is 69.8 cm³/mol. The molecule has 0 saturated heterocycles. The lowest BCUT2D eigenvalue weighted by molar-refractivity contribution is 0.0747. The van der Waals surface area contributed by atoms with E-state index in [-0.39, 0.29) is 5.56 Å².